The van der Waals surface area contributed by atoms with Gasteiger partial charge in [0.1, 0.15) is 17.9 Å². The maximum absolute atomic E-state index is 13.4. The second-order valence-electron chi connectivity index (χ2n) is 8.39. The Balaban J connectivity index is 1.77. The van der Waals surface area contributed by atoms with Crippen molar-refractivity contribution in [3.63, 3.8) is 0 Å². The van der Waals surface area contributed by atoms with Crippen molar-refractivity contribution >= 4 is 29.3 Å². The third-order valence-electron chi connectivity index (χ3n) is 6.57. The highest BCUT2D eigenvalue weighted by molar-refractivity contribution is 6.13. The van der Waals surface area contributed by atoms with E-state index in [1.807, 2.05) is 30.4 Å². The van der Waals surface area contributed by atoms with Crippen LogP contribution < -0.4 is 16.4 Å². The number of rotatable bonds is 7. The fourth-order valence-corrected chi connectivity index (χ4v) is 5.30. The lowest BCUT2D eigenvalue weighted by molar-refractivity contribution is -0.734. The fraction of sp³-hybridized carbons (Fsp3) is 0.524. The zero-order chi connectivity index (χ0) is 21.6. The minimum atomic E-state index is -1.21. The van der Waals surface area contributed by atoms with Gasteiger partial charge in [0.05, 0.1) is 5.69 Å². The van der Waals surface area contributed by atoms with Crippen molar-refractivity contribution in [2.24, 2.45) is 17.6 Å². The molecule has 9 nitrogen and oxygen atoms in total. The molecule has 0 radical (unpaired) electrons. The molecule has 3 aliphatic heterocycles. The number of amides is 4. The molecule has 4 amide bonds. The number of primary amides is 1. The number of fused-ring (bicyclic) bond motifs is 4. The molecule has 1 aromatic rings. The van der Waals surface area contributed by atoms with Crippen molar-refractivity contribution in [2.45, 2.75) is 37.8 Å². The zero-order valence-electron chi connectivity index (χ0n) is 17.1. The summed E-state index contributed by atoms with van der Waals surface area (Å²) in [6.45, 7) is 2.60. The Labute approximate surface area is 174 Å². The molecule has 3 heterocycles. The van der Waals surface area contributed by atoms with E-state index in [2.05, 4.69) is 5.32 Å². The predicted octanol–water partition coefficient (Wildman–Crippen LogP) is -1.01. The fourth-order valence-electron chi connectivity index (χ4n) is 5.30. The Hall–Kier alpha value is -2.78. The molecule has 2 saturated heterocycles. The smallest absolute Gasteiger partial charge is 0.291 e. The number of imide groups is 1. The van der Waals surface area contributed by atoms with Crippen LogP contribution >= 0.6 is 0 Å². The van der Waals surface area contributed by atoms with Crippen LogP contribution in [0.3, 0.4) is 0 Å². The predicted molar refractivity (Wildman–Crippen MR) is 106 cm³/mol. The lowest BCUT2D eigenvalue weighted by Gasteiger charge is -2.26. The Morgan fingerprint density at radius 2 is 2.07 bits per heavy atom. The van der Waals surface area contributed by atoms with Crippen LogP contribution in [0.15, 0.2) is 18.2 Å². The summed E-state index contributed by atoms with van der Waals surface area (Å²) in [6, 6.07) is 5.24. The highest BCUT2D eigenvalue weighted by Gasteiger charge is 2.73. The first kappa shape index (κ1) is 20.5. The number of methoxy groups -OCH3 is 1. The molecule has 160 valence electrons. The minimum absolute atomic E-state index is 0.0912. The number of ether oxygens (including phenoxy) is 1. The van der Waals surface area contributed by atoms with E-state index in [0.717, 1.165) is 11.1 Å². The number of hydrogen-bond acceptors (Lipinski definition) is 5. The van der Waals surface area contributed by atoms with Gasteiger partial charge in [-0.1, -0.05) is 11.6 Å². The number of aryl methyl sites for hydroxylation is 1. The van der Waals surface area contributed by atoms with Crippen LogP contribution in [0.1, 0.15) is 30.4 Å². The summed E-state index contributed by atoms with van der Waals surface area (Å²) in [5.41, 5.74) is 6.48. The molecule has 3 aliphatic rings. The van der Waals surface area contributed by atoms with E-state index >= 15 is 0 Å². The second kappa shape index (κ2) is 7.48. The number of benzene rings is 1. The van der Waals surface area contributed by atoms with Gasteiger partial charge in [-0.2, -0.15) is 0 Å². The summed E-state index contributed by atoms with van der Waals surface area (Å²) in [7, 11) is 1.56. The average molecular weight is 415 g/mol. The zero-order valence-corrected chi connectivity index (χ0v) is 17.1. The van der Waals surface area contributed by atoms with Crippen LogP contribution in [0, 0.1) is 18.8 Å². The van der Waals surface area contributed by atoms with E-state index in [1.54, 1.807) is 7.11 Å². The summed E-state index contributed by atoms with van der Waals surface area (Å²) in [4.78, 5) is 52.7. The maximum Gasteiger partial charge on any atom is 0.291 e. The lowest BCUT2D eigenvalue weighted by atomic mass is 9.76. The van der Waals surface area contributed by atoms with Gasteiger partial charge in [0, 0.05) is 38.7 Å². The monoisotopic (exact) mass is 415 g/mol. The van der Waals surface area contributed by atoms with Gasteiger partial charge < -0.3 is 21.1 Å². The topological polar surface area (TPSA) is 135 Å². The standard InChI is InChI=1S/C21H26N4O5/c1-11-4-5-13-12(10-11)21(20(29)23-13)17-16(14(24-21)6-7-15(22)26)18(27)25(19(17)28)8-3-9-30-2/h4-5,10,14,16-17,24H,3,6-9H2,1-2H3,(H2,22,26)(H,23,29)/p+1/t14-,16+,17-,21-/m0/s1. The normalized spacial score (nSPS) is 29.5. The molecule has 2 fully saturated rings. The van der Waals surface area contributed by atoms with Gasteiger partial charge in [0.2, 0.25) is 23.3 Å². The third-order valence-corrected chi connectivity index (χ3v) is 6.57. The molecule has 5 N–H and O–H groups in total. The van der Waals surface area contributed by atoms with Crippen molar-refractivity contribution in [2.75, 3.05) is 25.6 Å². The van der Waals surface area contributed by atoms with E-state index < -0.39 is 23.3 Å². The van der Waals surface area contributed by atoms with Crippen molar-refractivity contribution < 1.29 is 29.2 Å². The number of anilines is 1. The van der Waals surface area contributed by atoms with Crippen LogP contribution in [0.4, 0.5) is 5.69 Å². The summed E-state index contributed by atoms with van der Waals surface area (Å²) in [5, 5.41) is 4.72. The molecule has 4 atom stereocenters. The van der Waals surface area contributed by atoms with Crippen LogP contribution in [0.2, 0.25) is 0 Å². The van der Waals surface area contributed by atoms with Gasteiger partial charge in [-0.3, -0.25) is 24.1 Å². The first-order valence-corrected chi connectivity index (χ1v) is 10.2. The summed E-state index contributed by atoms with van der Waals surface area (Å²) >= 11 is 0. The largest absolute Gasteiger partial charge is 0.385 e. The van der Waals surface area contributed by atoms with E-state index in [1.165, 1.54) is 4.90 Å². The maximum atomic E-state index is 13.4. The molecule has 30 heavy (non-hydrogen) atoms. The van der Waals surface area contributed by atoms with Crippen LogP contribution in [-0.2, 0) is 29.5 Å². The number of nitrogens with zero attached hydrogens (tertiary/aromatic N) is 1. The van der Waals surface area contributed by atoms with E-state index in [4.69, 9.17) is 10.5 Å². The lowest BCUT2D eigenvalue weighted by Crippen LogP contribution is -2.99. The van der Waals surface area contributed by atoms with Crippen molar-refractivity contribution in [3.05, 3.63) is 29.3 Å². The molecular formula is C21H27N4O5+. The van der Waals surface area contributed by atoms with Gasteiger partial charge in [0.15, 0.2) is 0 Å². The number of carbonyl (C=O) groups excluding carboxylic acids is 4. The highest BCUT2D eigenvalue weighted by Crippen LogP contribution is 2.49. The summed E-state index contributed by atoms with van der Waals surface area (Å²) in [5.74, 6) is -2.85. The van der Waals surface area contributed by atoms with Crippen molar-refractivity contribution in [3.8, 4) is 0 Å². The Morgan fingerprint density at radius 1 is 1.30 bits per heavy atom. The van der Waals surface area contributed by atoms with Crippen LogP contribution in [0.5, 0.6) is 0 Å². The van der Waals surface area contributed by atoms with Crippen LogP contribution in [0.25, 0.3) is 0 Å². The molecule has 1 aromatic carbocycles. The van der Waals surface area contributed by atoms with E-state index in [0.29, 0.717) is 25.1 Å². The van der Waals surface area contributed by atoms with Crippen molar-refractivity contribution in [1.82, 2.24) is 4.90 Å². The quantitative estimate of drug-likeness (QED) is 0.387. The van der Waals surface area contributed by atoms with Gasteiger partial charge in [-0.25, -0.2) is 0 Å². The van der Waals surface area contributed by atoms with Gasteiger partial charge in [-0.15, -0.1) is 0 Å². The minimum Gasteiger partial charge on any atom is -0.385 e. The number of nitrogens with two attached hydrogens (primary N) is 2. The van der Waals surface area contributed by atoms with E-state index in [-0.39, 0.29) is 36.7 Å². The Bertz CT molecular complexity index is 932. The molecule has 0 aromatic heterocycles. The number of likely N-dealkylation sites (tertiary alicyclic amines) is 1. The molecule has 9 heteroatoms. The SMILES string of the molecule is COCCCN1C(=O)[C@@H]2[C@H](CCC(N)=O)[NH2+][C@]3(C(=O)Nc4ccc(C)cc43)[C@@H]2C1=O. The molecule has 4 rings (SSSR count). The Morgan fingerprint density at radius 3 is 2.77 bits per heavy atom. The second-order valence-corrected chi connectivity index (χ2v) is 8.39. The average Bonchev–Trinajstić information content (AvgIpc) is 3.27. The van der Waals surface area contributed by atoms with E-state index in [9.17, 15) is 19.2 Å². The molecule has 0 bridgehead atoms. The number of nitrogens with one attached hydrogen (secondary N) is 1. The van der Waals surface area contributed by atoms with Crippen molar-refractivity contribution in [1.29, 1.82) is 0 Å². The summed E-state index contributed by atoms with van der Waals surface area (Å²) in [6.07, 6.45) is 0.948. The molecule has 0 aliphatic carbocycles. The molecule has 1 spiro atoms. The van der Waals surface area contributed by atoms with Gasteiger partial charge in [0.25, 0.3) is 5.91 Å². The van der Waals surface area contributed by atoms with Gasteiger partial charge in [-0.05, 0) is 25.5 Å². The molecule has 0 saturated carbocycles. The first-order chi connectivity index (χ1) is 14.3. The number of carbonyl (C=O) groups is 4. The summed E-state index contributed by atoms with van der Waals surface area (Å²) < 4.78 is 5.05. The van der Waals surface area contributed by atoms with Gasteiger partial charge >= 0.3 is 0 Å². The number of quaternary nitrogens is 1. The Kier molecular flexibility index (Phi) is 5.11. The molecule has 0 unspecified atom stereocenters. The van der Waals surface area contributed by atoms with Crippen LogP contribution in [-0.4, -0.2) is 54.8 Å². The molecular weight excluding hydrogens is 388 g/mol. The highest BCUT2D eigenvalue weighted by atomic mass is 16.5. The first-order valence-electron chi connectivity index (χ1n) is 10.2. The third kappa shape index (κ3) is 2.92. The number of hydrogen-bond donors (Lipinski definition) is 3.